The van der Waals surface area contributed by atoms with Gasteiger partial charge in [0.05, 0.1) is 12.7 Å². The lowest BCUT2D eigenvalue weighted by Gasteiger charge is -2.21. The normalized spacial score (nSPS) is 14.2. The van der Waals surface area contributed by atoms with Crippen LogP contribution in [0.25, 0.3) is 0 Å². The minimum atomic E-state index is -1.29. The standard InChI is InChI=1S/C12H27NSSi3/c1-15(2,3)10-11(16(4,5)6)14-12(13-10)17(7,8)9/h1-9H3. The highest BCUT2D eigenvalue weighted by atomic mass is 32.1. The Hall–Kier alpha value is 0.281. The lowest BCUT2D eigenvalue weighted by molar-refractivity contribution is 1.47. The maximum atomic E-state index is 5.10. The lowest BCUT2D eigenvalue weighted by Crippen LogP contribution is -2.55. The molecule has 0 N–H and O–H groups in total. The first-order valence-electron chi connectivity index (χ1n) is 6.36. The Kier molecular flexibility index (Phi) is 4.00. The predicted octanol–water partition coefficient (Wildman–Crippen LogP) is 2.78. The molecule has 98 valence electrons. The molecule has 0 bridgehead atoms. The summed E-state index contributed by atoms with van der Waals surface area (Å²) in [5, 5.41) is 1.51. The number of thiazole rings is 1. The molecular weight excluding hydrogens is 274 g/mol. The van der Waals surface area contributed by atoms with Gasteiger partial charge < -0.3 is 0 Å². The van der Waals surface area contributed by atoms with Gasteiger partial charge >= 0.3 is 0 Å². The summed E-state index contributed by atoms with van der Waals surface area (Å²) >= 11 is 2.05. The van der Waals surface area contributed by atoms with E-state index in [-0.39, 0.29) is 0 Å². The van der Waals surface area contributed by atoms with Crippen molar-refractivity contribution in [2.45, 2.75) is 58.9 Å². The van der Waals surface area contributed by atoms with Crippen molar-refractivity contribution in [3.05, 3.63) is 0 Å². The monoisotopic (exact) mass is 301 g/mol. The summed E-state index contributed by atoms with van der Waals surface area (Å²) in [4.78, 5) is 5.10. The fraction of sp³-hybridized carbons (Fsp3) is 0.750. The molecule has 0 unspecified atom stereocenters. The third kappa shape index (κ3) is 3.62. The highest BCUT2D eigenvalue weighted by Gasteiger charge is 2.34. The first kappa shape index (κ1) is 15.3. The molecular formula is C12H27NSSi3. The Labute approximate surface area is 114 Å². The van der Waals surface area contributed by atoms with Crippen LogP contribution in [0.1, 0.15) is 0 Å². The van der Waals surface area contributed by atoms with E-state index in [1.165, 1.54) is 9.95 Å². The zero-order chi connectivity index (χ0) is 13.6. The predicted molar refractivity (Wildman–Crippen MR) is 91.1 cm³/mol. The lowest BCUT2D eigenvalue weighted by atomic mass is 11.0. The fourth-order valence-electron chi connectivity index (χ4n) is 1.66. The van der Waals surface area contributed by atoms with Crippen molar-refractivity contribution in [3.8, 4) is 0 Å². The van der Waals surface area contributed by atoms with Gasteiger partial charge in [0, 0.05) is 9.82 Å². The van der Waals surface area contributed by atoms with Gasteiger partial charge in [-0.05, 0) is 0 Å². The zero-order valence-electron chi connectivity index (χ0n) is 12.9. The molecule has 0 radical (unpaired) electrons. The number of rotatable bonds is 3. The second kappa shape index (κ2) is 4.43. The van der Waals surface area contributed by atoms with E-state index in [1.54, 1.807) is 4.50 Å². The van der Waals surface area contributed by atoms with Gasteiger partial charge in [-0.1, -0.05) is 58.9 Å². The van der Waals surface area contributed by atoms with E-state index >= 15 is 0 Å². The summed E-state index contributed by atoms with van der Waals surface area (Å²) in [5.41, 5.74) is 0. The molecule has 0 spiro atoms. The van der Waals surface area contributed by atoms with Crippen molar-refractivity contribution in [1.29, 1.82) is 0 Å². The van der Waals surface area contributed by atoms with Crippen LogP contribution in [0.3, 0.4) is 0 Å². The molecule has 1 nitrogen and oxygen atoms in total. The molecule has 0 aliphatic rings. The molecule has 0 fully saturated rings. The maximum Gasteiger partial charge on any atom is 0.114 e. The minimum absolute atomic E-state index is 1.23. The Morgan fingerprint density at radius 1 is 0.706 bits per heavy atom. The topological polar surface area (TPSA) is 12.9 Å². The number of hydrogen-bond donors (Lipinski definition) is 0. The van der Waals surface area contributed by atoms with Crippen molar-refractivity contribution in [2.75, 3.05) is 0 Å². The van der Waals surface area contributed by atoms with Crippen molar-refractivity contribution >= 4 is 50.0 Å². The van der Waals surface area contributed by atoms with Crippen LogP contribution in [0.15, 0.2) is 0 Å². The fourth-order valence-corrected chi connectivity index (χ4v) is 11.3. The second-order valence-corrected chi connectivity index (χ2v) is 24.6. The van der Waals surface area contributed by atoms with E-state index in [9.17, 15) is 0 Å². The van der Waals surface area contributed by atoms with E-state index in [4.69, 9.17) is 4.98 Å². The Morgan fingerprint density at radius 2 is 1.18 bits per heavy atom. The molecule has 1 aromatic heterocycles. The van der Waals surface area contributed by atoms with Crippen molar-refractivity contribution < 1.29 is 0 Å². The van der Waals surface area contributed by atoms with E-state index < -0.39 is 24.2 Å². The third-order valence-electron chi connectivity index (χ3n) is 2.66. The second-order valence-electron chi connectivity index (χ2n) is 7.95. The summed E-state index contributed by atoms with van der Waals surface area (Å²) in [7, 11) is -3.77. The van der Waals surface area contributed by atoms with E-state index in [0.717, 1.165) is 0 Å². The molecule has 1 heterocycles. The average Bonchev–Trinajstić information content (AvgIpc) is 2.42. The van der Waals surface area contributed by atoms with E-state index in [1.807, 2.05) is 11.3 Å². The SMILES string of the molecule is C[Si](C)(C)c1nc([Si](C)(C)C)c([Si](C)(C)C)s1. The van der Waals surface area contributed by atoms with Gasteiger partial charge in [-0.3, -0.25) is 4.98 Å². The van der Waals surface area contributed by atoms with E-state index in [2.05, 4.69) is 58.9 Å². The molecule has 0 aliphatic heterocycles. The summed E-state index contributed by atoms with van der Waals surface area (Å²) in [5.74, 6) is 0. The van der Waals surface area contributed by atoms with Crippen LogP contribution >= 0.6 is 11.3 Å². The van der Waals surface area contributed by atoms with Gasteiger partial charge in [0.1, 0.15) is 16.1 Å². The number of aromatic nitrogens is 1. The highest BCUT2D eigenvalue weighted by molar-refractivity contribution is 7.36. The first-order chi connectivity index (χ1) is 7.33. The minimum Gasteiger partial charge on any atom is -0.256 e. The highest BCUT2D eigenvalue weighted by Crippen LogP contribution is 2.11. The first-order valence-corrected chi connectivity index (χ1v) is 17.7. The van der Waals surface area contributed by atoms with Crippen molar-refractivity contribution in [1.82, 2.24) is 4.98 Å². The van der Waals surface area contributed by atoms with E-state index in [0.29, 0.717) is 0 Å². The van der Waals surface area contributed by atoms with Crippen molar-refractivity contribution in [3.63, 3.8) is 0 Å². The molecule has 0 saturated heterocycles. The number of nitrogens with zero attached hydrogens (tertiary/aromatic N) is 1. The largest absolute Gasteiger partial charge is 0.256 e. The van der Waals surface area contributed by atoms with Gasteiger partial charge in [-0.15, -0.1) is 11.3 Å². The molecule has 17 heavy (non-hydrogen) atoms. The summed E-state index contributed by atoms with van der Waals surface area (Å²) in [6, 6.07) is 0. The Bertz CT molecular complexity index is 373. The zero-order valence-corrected chi connectivity index (χ0v) is 16.7. The molecule has 5 heteroatoms. The van der Waals surface area contributed by atoms with Crippen LogP contribution in [0.2, 0.25) is 58.9 Å². The average molecular weight is 302 g/mol. The van der Waals surface area contributed by atoms with Crippen LogP contribution in [0, 0.1) is 0 Å². The quantitative estimate of drug-likeness (QED) is 0.782. The smallest absolute Gasteiger partial charge is 0.114 e. The summed E-state index contributed by atoms with van der Waals surface area (Å²) in [6.45, 7) is 21.9. The van der Waals surface area contributed by atoms with Crippen LogP contribution in [-0.4, -0.2) is 29.2 Å². The third-order valence-corrected chi connectivity index (χ3v) is 12.8. The molecule has 1 rings (SSSR count). The molecule has 0 atom stereocenters. The van der Waals surface area contributed by atoms with Crippen LogP contribution in [0.4, 0.5) is 0 Å². The van der Waals surface area contributed by atoms with Gasteiger partial charge in [0.2, 0.25) is 0 Å². The van der Waals surface area contributed by atoms with Crippen molar-refractivity contribution in [2.24, 2.45) is 0 Å². The Morgan fingerprint density at radius 3 is 1.41 bits per heavy atom. The summed E-state index contributed by atoms with van der Waals surface area (Å²) < 4.78 is 3.14. The maximum absolute atomic E-state index is 5.10. The molecule has 0 amide bonds. The van der Waals surface area contributed by atoms with Gasteiger partial charge in [0.15, 0.2) is 0 Å². The molecule has 0 saturated carbocycles. The Balaban J connectivity index is 3.44. The van der Waals surface area contributed by atoms with Gasteiger partial charge in [-0.25, -0.2) is 0 Å². The van der Waals surface area contributed by atoms with Crippen LogP contribution < -0.4 is 14.4 Å². The molecule has 0 aromatic carbocycles. The van der Waals surface area contributed by atoms with Crippen LogP contribution in [0.5, 0.6) is 0 Å². The van der Waals surface area contributed by atoms with Gasteiger partial charge in [-0.2, -0.15) is 0 Å². The molecule has 0 aliphatic carbocycles. The molecule has 1 aromatic rings. The van der Waals surface area contributed by atoms with Gasteiger partial charge in [0.25, 0.3) is 0 Å². The number of hydrogen-bond acceptors (Lipinski definition) is 2. The van der Waals surface area contributed by atoms with Crippen LogP contribution in [-0.2, 0) is 0 Å². The summed E-state index contributed by atoms with van der Waals surface area (Å²) in [6.07, 6.45) is 0.